The maximum absolute atomic E-state index is 14.1. The Morgan fingerprint density at radius 3 is 2.87 bits per heavy atom. The predicted molar refractivity (Wildman–Crippen MR) is 91.9 cm³/mol. The van der Waals surface area contributed by atoms with Crippen LogP contribution in [-0.2, 0) is 12.8 Å². The Balaban J connectivity index is 1.97. The van der Waals surface area contributed by atoms with Gasteiger partial charge in [0.2, 0.25) is 0 Å². The van der Waals surface area contributed by atoms with Gasteiger partial charge >= 0.3 is 0 Å². The van der Waals surface area contributed by atoms with Gasteiger partial charge in [-0.2, -0.15) is 0 Å². The van der Waals surface area contributed by atoms with Crippen molar-refractivity contribution in [2.75, 3.05) is 0 Å². The lowest BCUT2D eigenvalue weighted by molar-refractivity contribution is 0.630. The van der Waals surface area contributed by atoms with E-state index >= 15 is 0 Å². The van der Waals surface area contributed by atoms with E-state index in [2.05, 4.69) is 9.97 Å². The molecule has 0 fully saturated rings. The van der Waals surface area contributed by atoms with E-state index in [1.165, 1.54) is 23.4 Å². The number of aryl methyl sites for hydroxylation is 2. The Morgan fingerprint density at radius 2 is 2.04 bits per heavy atom. The molecule has 118 valence electrons. The van der Waals surface area contributed by atoms with Crippen molar-refractivity contribution in [3.05, 3.63) is 49.8 Å². The summed E-state index contributed by atoms with van der Waals surface area (Å²) in [4.78, 5) is 21.7. The summed E-state index contributed by atoms with van der Waals surface area (Å²) < 4.78 is 14.1. The standard InChI is InChI=1S/C17H14ClFN2OS/c18-10-6-4-7-11(19)14(10)15-20-16(22)13-9-5-2-1-3-8-12(9)23-17(13)21-15/h4,6-7H,1-3,5,8H2,(H,20,21,22). The highest BCUT2D eigenvalue weighted by Crippen LogP contribution is 2.34. The molecule has 0 aliphatic heterocycles. The molecule has 2 aromatic heterocycles. The van der Waals surface area contributed by atoms with Crippen LogP contribution in [0.2, 0.25) is 5.02 Å². The topological polar surface area (TPSA) is 45.8 Å². The van der Waals surface area contributed by atoms with Gasteiger partial charge < -0.3 is 4.98 Å². The number of fused-ring (bicyclic) bond motifs is 3. The zero-order valence-corrected chi connectivity index (χ0v) is 13.9. The van der Waals surface area contributed by atoms with Gasteiger partial charge in [-0.15, -0.1) is 11.3 Å². The summed E-state index contributed by atoms with van der Waals surface area (Å²) in [6.45, 7) is 0. The van der Waals surface area contributed by atoms with E-state index < -0.39 is 5.82 Å². The van der Waals surface area contributed by atoms with Gasteiger partial charge in [0.15, 0.2) is 0 Å². The molecule has 0 unspecified atom stereocenters. The van der Waals surface area contributed by atoms with E-state index in [-0.39, 0.29) is 22.0 Å². The minimum atomic E-state index is -0.488. The molecular weight excluding hydrogens is 335 g/mol. The van der Waals surface area contributed by atoms with E-state index in [0.29, 0.717) is 10.2 Å². The molecule has 0 radical (unpaired) electrons. The van der Waals surface area contributed by atoms with Crippen LogP contribution in [-0.4, -0.2) is 9.97 Å². The third kappa shape index (κ3) is 2.48. The number of halogens is 2. The summed E-state index contributed by atoms with van der Waals surface area (Å²) in [5.74, 6) is -0.292. The molecule has 0 spiro atoms. The molecule has 6 heteroatoms. The lowest BCUT2D eigenvalue weighted by Gasteiger charge is -2.05. The second-order valence-corrected chi connectivity index (χ2v) is 7.25. The minimum absolute atomic E-state index is 0.150. The molecule has 0 bridgehead atoms. The van der Waals surface area contributed by atoms with Crippen LogP contribution in [0.4, 0.5) is 4.39 Å². The minimum Gasteiger partial charge on any atom is -0.306 e. The fourth-order valence-electron chi connectivity index (χ4n) is 3.18. The van der Waals surface area contributed by atoms with Crippen LogP contribution in [0.15, 0.2) is 23.0 Å². The van der Waals surface area contributed by atoms with E-state index in [9.17, 15) is 9.18 Å². The number of benzene rings is 1. The van der Waals surface area contributed by atoms with Crippen molar-refractivity contribution in [2.24, 2.45) is 0 Å². The van der Waals surface area contributed by atoms with Crippen molar-refractivity contribution in [3.8, 4) is 11.4 Å². The third-order valence-corrected chi connectivity index (χ3v) is 5.78. The van der Waals surface area contributed by atoms with E-state index in [1.807, 2.05) is 0 Å². The summed E-state index contributed by atoms with van der Waals surface area (Å²) in [6, 6.07) is 4.44. The number of nitrogens with zero attached hydrogens (tertiary/aromatic N) is 1. The van der Waals surface area contributed by atoms with Crippen molar-refractivity contribution < 1.29 is 4.39 Å². The normalized spacial score (nSPS) is 14.7. The molecule has 0 saturated carbocycles. The first-order valence-electron chi connectivity index (χ1n) is 7.64. The Bertz CT molecular complexity index is 943. The SMILES string of the molecule is O=c1[nH]c(-c2c(F)cccc2Cl)nc2sc3c(c12)CCCCC3. The zero-order valence-electron chi connectivity index (χ0n) is 12.3. The summed E-state index contributed by atoms with van der Waals surface area (Å²) in [6.07, 6.45) is 5.34. The highest BCUT2D eigenvalue weighted by atomic mass is 35.5. The smallest absolute Gasteiger partial charge is 0.260 e. The molecule has 1 N–H and O–H groups in total. The van der Waals surface area contributed by atoms with Crippen LogP contribution in [0, 0.1) is 5.82 Å². The molecule has 3 aromatic rings. The Labute approximate surface area is 141 Å². The number of aromatic nitrogens is 2. The van der Waals surface area contributed by atoms with Gasteiger partial charge in [0.25, 0.3) is 5.56 Å². The van der Waals surface area contributed by atoms with Crippen LogP contribution in [0.3, 0.4) is 0 Å². The highest BCUT2D eigenvalue weighted by molar-refractivity contribution is 7.18. The van der Waals surface area contributed by atoms with Crippen molar-refractivity contribution in [1.29, 1.82) is 0 Å². The molecule has 0 atom stereocenters. The molecule has 1 aliphatic carbocycles. The van der Waals surface area contributed by atoms with Gasteiger partial charge in [-0.25, -0.2) is 9.37 Å². The van der Waals surface area contributed by atoms with Crippen molar-refractivity contribution in [2.45, 2.75) is 32.1 Å². The molecule has 0 saturated heterocycles. The van der Waals surface area contributed by atoms with E-state index in [4.69, 9.17) is 11.6 Å². The molecular formula is C17H14ClFN2OS. The van der Waals surface area contributed by atoms with Gasteiger partial charge in [0, 0.05) is 4.88 Å². The summed E-state index contributed by atoms with van der Waals surface area (Å²) >= 11 is 7.64. The lowest BCUT2D eigenvalue weighted by atomic mass is 10.1. The van der Waals surface area contributed by atoms with Crippen molar-refractivity contribution >= 4 is 33.2 Å². The Hall–Kier alpha value is -1.72. The van der Waals surface area contributed by atoms with E-state index in [1.54, 1.807) is 17.4 Å². The number of hydrogen-bond acceptors (Lipinski definition) is 3. The molecule has 2 heterocycles. The van der Waals surface area contributed by atoms with Gasteiger partial charge in [0.1, 0.15) is 16.5 Å². The number of thiophene rings is 1. The molecule has 0 amide bonds. The Morgan fingerprint density at radius 1 is 1.22 bits per heavy atom. The average Bonchev–Trinajstić information content (AvgIpc) is 2.70. The van der Waals surface area contributed by atoms with Crippen LogP contribution in [0.1, 0.15) is 29.7 Å². The van der Waals surface area contributed by atoms with Crippen LogP contribution in [0.5, 0.6) is 0 Å². The lowest BCUT2D eigenvalue weighted by Crippen LogP contribution is -2.10. The quantitative estimate of drug-likeness (QED) is 0.647. The molecule has 3 nitrogen and oxygen atoms in total. The first kappa shape index (κ1) is 14.8. The van der Waals surface area contributed by atoms with Gasteiger partial charge in [-0.05, 0) is 43.4 Å². The fourth-order valence-corrected chi connectivity index (χ4v) is 4.70. The largest absolute Gasteiger partial charge is 0.306 e. The maximum atomic E-state index is 14.1. The number of rotatable bonds is 1. The van der Waals surface area contributed by atoms with Crippen LogP contribution < -0.4 is 5.56 Å². The second kappa shape index (κ2) is 5.73. The maximum Gasteiger partial charge on any atom is 0.260 e. The summed E-state index contributed by atoms with van der Waals surface area (Å²) in [7, 11) is 0. The zero-order chi connectivity index (χ0) is 16.0. The predicted octanol–water partition coefficient (Wildman–Crippen LogP) is 4.71. The fraction of sp³-hybridized carbons (Fsp3) is 0.294. The molecule has 1 aromatic carbocycles. The third-order valence-electron chi connectivity index (χ3n) is 4.27. The number of H-pyrrole nitrogens is 1. The highest BCUT2D eigenvalue weighted by Gasteiger charge is 2.20. The number of aromatic amines is 1. The van der Waals surface area contributed by atoms with Gasteiger partial charge in [-0.3, -0.25) is 4.79 Å². The van der Waals surface area contributed by atoms with Crippen LogP contribution >= 0.6 is 22.9 Å². The first-order valence-corrected chi connectivity index (χ1v) is 8.83. The average molecular weight is 349 g/mol. The van der Waals surface area contributed by atoms with Crippen molar-refractivity contribution in [1.82, 2.24) is 9.97 Å². The molecule has 4 rings (SSSR count). The summed E-state index contributed by atoms with van der Waals surface area (Å²) in [5, 5.41) is 0.911. The summed E-state index contributed by atoms with van der Waals surface area (Å²) in [5.41, 5.74) is 1.07. The van der Waals surface area contributed by atoms with Crippen LogP contribution in [0.25, 0.3) is 21.6 Å². The molecule has 23 heavy (non-hydrogen) atoms. The number of nitrogens with one attached hydrogen (secondary N) is 1. The van der Waals surface area contributed by atoms with Gasteiger partial charge in [-0.1, -0.05) is 24.1 Å². The molecule has 1 aliphatic rings. The van der Waals surface area contributed by atoms with Gasteiger partial charge in [0.05, 0.1) is 16.0 Å². The first-order chi connectivity index (χ1) is 11.1. The van der Waals surface area contributed by atoms with Crippen molar-refractivity contribution in [3.63, 3.8) is 0 Å². The monoisotopic (exact) mass is 348 g/mol. The second-order valence-electron chi connectivity index (χ2n) is 5.76. The number of hydrogen-bond donors (Lipinski definition) is 1. The van der Waals surface area contributed by atoms with E-state index in [0.717, 1.165) is 31.2 Å². The Kier molecular flexibility index (Phi) is 3.70.